The molecular weight excluding hydrogens is 338 g/mol. The second kappa shape index (κ2) is 11.0. The van der Waals surface area contributed by atoms with E-state index in [9.17, 15) is 9.59 Å². The van der Waals surface area contributed by atoms with Crippen molar-refractivity contribution in [2.75, 3.05) is 36.4 Å². The van der Waals surface area contributed by atoms with Crippen LogP contribution in [0.15, 0.2) is 18.2 Å². The minimum absolute atomic E-state index is 0.0198. The number of carbonyl (C=O) groups excluding carboxylic acids is 2. The number of nitrogens with one attached hydrogen (secondary N) is 1. The second-order valence-corrected chi connectivity index (χ2v) is 7.48. The molecule has 2 rings (SSSR count). The fourth-order valence-corrected chi connectivity index (χ4v) is 3.73. The Hall–Kier alpha value is -2.04. The summed E-state index contributed by atoms with van der Waals surface area (Å²) < 4.78 is 0. The average Bonchev–Trinajstić information content (AvgIpc) is 3.16. The summed E-state index contributed by atoms with van der Waals surface area (Å²) in [6, 6.07) is 6.13. The molecule has 1 aromatic carbocycles. The zero-order valence-corrected chi connectivity index (χ0v) is 17.2. The predicted molar refractivity (Wildman–Crippen MR) is 112 cm³/mol. The first-order chi connectivity index (χ1) is 13.0. The van der Waals surface area contributed by atoms with Gasteiger partial charge in [0.1, 0.15) is 0 Å². The lowest BCUT2D eigenvalue weighted by atomic mass is 10.1. The molecule has 150 valence electrons. The molecule has 1 aromatic rings. The molecule has 1 saturated heterocycles. The van der Waals surface area contributed by atoms with E-state index in [4.69, 9.17) is 0 Å². The third kappa shape index (κ3) is 6.56. The van der Waals surface area contributed by atoms with Crippen molar-refractivity contribution in [3.63, 3.8) is 0 Å². The number of amides is 2. The van der Waals surface area contributed by atoms with E-state index < -0.39 is 0 Å². The number of hydrogen-bond acceptors (Lipinski definition) is 3. The van der Waals surface area contributed by atoms with Crippen LogP contribution in [0.25, 0.3) is 0 Å². The molecule has 0 aliphatic carbocycles. The van der Waals surface area contributed by atoms with E-state index in [2.05, 4.69) is 37.1 Å². The van der Waals surface area contributed by atoms with E-state index in [0.717, 1.165) is 44.7 Å². The molecule has 0 bridgehead atoms. The van der Waals surface area contributed by atoms with Gasteiger partial charge in [-0.15, -0.1) is 0 Å². The third-order valence-electron chi connectivity index (χ3n) is 5.06. The molecule has 5 heteroatoms. The van der Waals surface area contributed by atoms with Gasteiger partial charge >= 0.3 is 0 Å². The van der Waals surface area contributed by atoms with Crippen molar-refractivity contribution in [3.8, 4) is 0 Å². The molecule has 0 atom stereocenters. The van der Waals surface area contributed by atoms with E-state index in [1.807, 2.05) is 17.0 Å². The topological polar surface area (TPSA) is 52.7 Å². The van der Waals surface area contributed by atoms with Crippen LogP contribution in [0.2, 0.25) is 0 Å². The molecule has 1 aliphatic rings. The molecule has 5 nitrogen and oxygen atoms in total. The fraction of sp³-hybridized carbons (Fsp3) is 0.636. The summed E-state index contributed by atoms with van der Waals surface area (Å²) >= 11 is 0. The highest BCUT2D eigenvalue weighted by Gasteiger charge is 2.15. The van der Waals surface area contributed by atoms with Gasteiger partial charge in [0.15, 0.2) is 0 Å². The van der Waals surface area contributed by atoms with Crippen LogP contribution in [-0.2, 0) is 9.59 Å². The van der Waals surface area contributed by atoms with Crippen molar-refractivity contribution in [1.82, 2.24) is 4.90 Å². The molecule has 0 aromatic heterocycles. The van der Waals surface area contributed by atoms with Crippen LogP contribution < -0.4 is 10.2 Å². The maximum Gasteiger partial charge on any atom is 0.224 e. The summed E-state index contributed by atoms with van der Waals surface area (Å²) in [6.07, 6.45) is 5.87. The van der Waals surface area contributed by atoms with Crippen LogP contribution in [0, 0.1) is 6.92 Å². The van der Waals surface area contributed by atoms with Gasteiger partial charge in [0.25, 0.3) is 0 Å². The number of anilines is 2. The molecule has 1 heterocycles. The van der Waals surface area contributed by atoms with Crippen molar-refractivity contribution >= 4 is 23.2 Å². The van der Waals surface area contributed by atoms with E-state index in [1.54, 1.807) is 0 Å². The van der Waals surface area contributed by atoms with Crippen LogP contribution in [-0.4, -0.2) is 42.9 Å². The lowest BCUT2D eigenvalue weighted by Gasteiger charge is -2.21. The number of carbonyl (C=O) groups is 2. The van der Waals surface area contributed by atoms with E-state index in [1.165, 1.54) is 24.1 Å². The maximum atomic E-state index is 12.3. The molecular formula is C22H35N3O2. The van der Waals surface area contributed by atoms with Gasteiger partial charge in [-0.3, -0.25) is 9.59 Å². The van der Waals surface area contributed by atoms with Gasteiger partial charge in [-0.25, -0.2) is 0 Å². The van der Waals surface area contributed by atoms with E-state index in [0.29, 0.717) is 19.3 Å². The highest BCUT2D eigenvalue weighted by Crippen LogP contribution is 2.26. The molecule has 0 unspecified atom stereocenters. The smallest absolute Gasteiger partial charge is 0.224 e. The summed E-state index contributed by atoms with van der Waals surface area (Å²) in [4.78, 5) is 28.8. The molecule has 27 heavy (non-hydrogen) atoms. The first kappa shape index (κ1) is 21.3. The Balaban J connectivity index is 1.78. The number of nitrogens with zero attached hydrogens (tertiary/aromatic N) is 2. The molecule has 1 N–H and O–H groups in total. The van der Waals surface area contributed by atoms with E-state index in [-0.39, 0.29) is 11.8 Å². The van der Waals surface area contributed by atoms with Crippen LogP contribution in [0.4, 0.5) is 11.4 Å². The zero-order valence-electron chi connectivity index (χ0n) is 17.2. The van der Waals surface area contributed by atoms with Gasteiger partial charge < -0.3 is 15.1 Å². The number of benzene rings is 1. The van der Waals surface area contributed by atoms with Crippen LogP contribution in [0.5, 0.6) is 0 Å². The monoisotopic (exact) mass is 373 g/mol. The normalized spacial score (nSPS) is 13.7. The maximum absolute atomic E-state index is 12.3. The van der Waals surface area contributed by atoms with Gasteiger partial charge in [-0.05, 0) is 62.8 Å². The summed E-state index contributed by atoms with van der Waals surface area (Å²) in [5.74, 6) is 0.144. The molecule has 0 spiro atoms. The van der Waals surface area contributed by atoms with Crippen molar-refractivity contribution in [1.29, 1.82) is 0 Å². The Morgan fingerprint density at radius 1 is 1.07 bits per heavy atom. The minimum Gasteiger partial charge on any atom is -0.371 e. The predicted octanol–water partition coefficient (Wildman–Crippen LogP) is 4.35. The van der Waals surface area contributed by atoms with Gasteiger partial charge in [0.05, 0.1) is 0 Å². The standard InChI is InChI=1S/C22H35N3O2/c1-4-13-25(14-5-2)22(27)10-8-9-21(26)23-19-11-12-20(18(3)17-19)24-15-6-7-16-24/h11-12,17H,4-10,13-16H2,1-3H3,(H,23,26). The van der Waals surface area contributed by atoms with Crippen LogP contribution in [0.1, 0.15) is 64.4 Å². The SMILES string of the molecule is CCCN(CCC)C(=O)CCCC(=O)Nc1ccc(N2CCCC2)c(C)c1. The molecule has 2 amide bonds. The van der Waals surface area contributed by atoms with Crippen molar-refractivity contribution in [3.05, 3.63) is 23.8 Å². The minimum atomic E-state index is -0.0198. The molecule has 0 saturated carbocycles. The number of hydrogen-bond donors (Lipinski definition) is 1. The van der Waals surface area contributed by atoms with Crippen molar-refractivity contribution in [2.45, 2.75) is 65.7 Å². The quantitative estimate of drug-likeness (QED) is 0.663. The molecule has 1 aliphatic heterocycles. The van der Waals surface area contributed by atoms with Crippen LogP contribution in [0.3, 0.4) is 0 Å². The second-order valence-electron chi connectivity index (χ2n) is 7.48. The first-order valence-corrected chi connectivity index (χ1v) is 10.5. The van der Waals surface area contributed by atoms with Crippen molar-refractivity contribution < 1.29 is 9.59 Å². The number of aryl methyl sites for hydroxylation is 1. The number of rotatable bonds is 10. The lowest BCUT2D eigenvalue weighted by Crippen LogP contribution is -2.32. The Labute approximate surface area is 164 Å². The highest BCUT2D eigenvalue weighted by molar-refractivity contribution is 5.91. The van der Waals surface area contributed by atoms with Gasteiger partial charge in [0, 0.05) is 50.4 Å². The Morgan fingerprint density at radius 2 is 1.74 bits per heavy atom. The summed E-state index contributed by atoms with van der Waals surface area (Å²) in [5, 5.41) is 2.97. The Kier molecular flexibility index (Phi) is 8.62. The summed E-state index contributed by atoms with van der Waals surface area (Å²) in [5.41, 5.74) is 3.30. The fourth-order valence-electron chi connectivity index (χ4n) is 3.73. The summed E-state index contributed by atoms with van der Waals surface area (Å²) in [7, 11) is 0. The zero-order chi connectivity index (χ0) is 19.6. The van der Waals surface area contributed by atoms with Gasteiger partial charge in [-0.2, -0.15) is 0 Å². The highest BCUT2D eigenvalue weighted by atomic mass is 16.2. The molecule has 0 radical (unpaired) electrons. The third-order valence-corrected chi connectivity index (χ3v) is 5.06. The van der Waals surface area contributed by atoms with Crippen molar-refractivity contribution in [2.24, 2.45) is 0 Å². The van der Waals surface area contributed by atoms with Crippen LogP contribution >= 0.6 is 0 Å². The Morgan fingerprint density at radius 3 is 2.33 bits per heavy atom. The largest absolute Gasteiger partial charge is 0.371 e. The lowest BCUT2D eigenvalue weighted by molar-refractivity contribution is -0.131. The average molecular weight is 374 g/mol. The van der Waals surface area contributed by atoms with Gasteiger partial charge in [-0.1, -0.05) is 13.8 Å². The van der Waals surface area contributed by atoms with Gasteiger partial charge in [0.2, 0.25) is 11.8 Å². The Bertz CT molecular complexity index is 618. The first-order valence-electron chi connectivity index (χ1n) is 10.5. The molecule has 1 fully saturated rings. The summed E-state index contributed by atoms with van der Waals surface area (Å²) in [6.45, 7) is 10.1. The van der Waals surface area contributed by atoms with E-state index >= 15 is 0 Å².